The zero-order chi connectivity index (χ0) is 9.68. The Morgan fingerprint density at radius 2 is 2.38 bits per heavy atom. The number of thiocarbonyl (C=S) groups is 1. The summed E-state index contributed by atoms with van der Waals surface area (Å²) in [6, 6.07) is 0. The van der Waals surface area contributed by atoms with Crippen molar-refractivity contribution in [2.75, 3.05) is 0 Å². The van der Waals surface area contributed by atoms with E-state index >= 15 is 0 Å². The molecule has 0 unspecified atom stereocenters. The molecule has 2 N–H and O–H groups in total. The fourth-order valence-corrected chi connectivity index (χ4v) is 1.62. The second-order valence-corrected chi connectivity index (χ2v) is 4.62. The Morgan fingerprint density at radius 1 is 1.62 bits per heavy atom. The molecule has 0 bridgehead atoms. The second kappa shape index (κ2) is 5.54. The van der Waals surface area contributed by atoms with E-state index in [0.29, 0.717) is 4.99 Å². The van der Waals surface area contributed by atoms with Gasteiger partial charge in [0.25, 0.3) is 0 Å². The summed E-state index contributed by atoms with van der Waals surface area (Å²) in [6.45, 7) is 0.950. The van der Waals surface area contributed by atoms with E-state index < -0.39 is 0 Å². The van der Waals surface area contributed by atoms with Crippen LogP contribution < -0.4 is 5.73 Å². The van der Waals surface area contributed by atoms with Gasteiger partial charge in [0.05, 0.1) is 14.8 Å². The van der Waals surface area contributed by atoms with Gasteiger partial charge in [0.2, 0.25) is 0 Å². The van der Waals surface area contributed by atoms with E-state index in [1.807, 2.05) is 17.1 Å². The number of nitrogens with zero attached hydrogens (tertiary/aromatic N) is 2. The topological polar surface area (TPSA) is 43.8 Å². The average molecular weight is 309 g/mol. The smallest absolute Gasteiger partial charge is 0.0727 e. The Balaban J connectivity index is 2.16. The highest BCUT2D eigenvalue weighted by atomic mass is 127. The third-order valence-corrected chi connectivity index (χ3v) is 2.42. The van der Waals surface area contributed by atoms with Crippen molar-refractivity contribution in [2.45, 2.75) is 25.8 Å². The summed E-state index contributed by atoms with van der Waals surface area (Å²) in [6.07, 6.45) is 6.85. The van der Waals surface area contributed by atoms with Crippen molar-refractivity contribution in [3.05, 3.63) is 16.0 Å². The highest BCUT2D eigenvalue weighted by Gasteiger charge is 1.95. The molecule has 0 atom stereocenters. The van der Waals surface area contributed by atoms with Crippen LogP contribution in [0.1, 0.15) is 19.3 Å². The highest BCUT2D eigenvalue weighted by molar-refractivity contribution is 14.1. The number of hydrogen-bond donors (Lipinski definition) is 1. The number of halogens is 1. The summed E-state index contributed by atoms with van der Waals surface area (Å²) in [5.74, 6) is 0. The zero-order valence-electron chi connectivity index (χ0n) is 7.24. The minimum atomic E-state index is 0.607. The van der Waals surface area contributed by atoms with E-state index in [-0.39, 0.29) is 0 Å². The number of nitrogens with two attached hydrogens (primary N) is 1. The average Bonchev–Trinajstić information content (AvgIpc) is 2.45. The van der Waals surface area contributed by atoms with Crippen molar-refractivity contribution < 1.29 is 0 Å². The highest BCUT2D eigenvalue weighted by Crippen LogP contribution is 2.03. The van der Waals surface area contributed by atoms with Crippen LogP contribution in [0.2, 0.25) is 0 Å². The Morgan fingerprint density at radius 3 is 2.92 bits per heavy atom. The van der Waals surface area contributed by atoms with Crippen LogP contribution in [0.3, 0.4) is 0 Å². The van der Waals surface area contributed by atoms with Crippen molar-refractivity contribution in [3.63, 3.8) is 0 Å². The predicted octanol–water partition coefficient (Wildman–Crippen LogP) is 1.94. The summed E-state index contributed by atoms with van der Waals surface area (Å²) in [7, 11) is 0. The summed E-state index contributed by atoms with van der Waals surface area (Å²) in [5, 5.41) is 4.18. The summed E-state index contributed by atoms with van der Waals surface area (Å²) >= 11 is 7.03. The maximum atomic E-state index is 5.38. The van der Waals surface area contributed by atoms with Crippen molar-refractivity contribution in [1.29, 1.82) is 0 Å². The van der Waals surface area contributed by atoms with Crippen molar-refractivity contribution in [2.24, 2.45) is 5.73 Å². The normalized spacial score (nSPS) is 10.2. The second-order valence-electron chi connectivity index (χ2n) is 2.85. The molecule has 0 aliphatic heterocycles. The molecular weight excluding hydrogens is 297 g/mol. The molecule has 1 aromatic heterocycles. The minimum absolute atomic E-state index is 0.607. The molecular formula is C8H12IN3S. The van der Waals surface area contributed by atoms with Gasteiger partial charge < -0.3 is 5.73 Å². The fourth-order valence-electron chi connectivity index (χ4n) is 1.03. The molecule has 0 saturated carbocycles. The van der Waals surface area contributed by atoms with E-state index in [9.17, 15) is 0 Å². The molecule has 0 radical (unpaired) electrons. The van der Waals surface area contributed by atoms with Crippen LogP contribution in [0.4, 0.5) is 0 Å². The summed E-state index contributed by atoms with van der Waals surface area (Å²) < 4.78 is 3.12. The SMILES string of the molecule is NC(=S)CCCCn1cc(I)cn1. The molecule has 5 heteroatoms. The van der Waals surface area contributed by atoms with Crippen LogP contribution in [-0.4, -0.2) is 14.8 Å². The predicted molar refractivity (Wildman–Crippen MR) is 65.6 cm³/mol. The molecule has 0 aliphatic rings. The molecule has 0 saturated heterocycles. The number of rotatable bonds is 5. The fraction of sp³-hybridized carbons (Fsp3) is 0.500. The van der Waals surface area contributed by atoms with Gasteiger partial charge in [-0.2, -0.15) is 5.10 Å². The molecule has 0 spiro atoms. The van der Waals surface area contributed by atoms with E-state index in [2.05, 4.69) is 27.7 Å². The summed E-state index contributed by atoms with van der Waals surface area (Å²) in [4.78, 5) is 0.607. The standard InChI is InChI=1S/C8H12IN3S/c9-7-5-11-12(6-7)4-2-1-3-8(10)13/h5-6H,1-4H2,(H2,10,13). The molecule has 0 amide bonds. The molecule has 13 heavy (non-hydrogen) atoms. The van der Waals surface area contributed by atoms with Crippen molar-refractivity contribution in [3.8, 4) is 0 Å². The lowest BCUT2D eigenvalue weighted by Gasteiger charge is -2.00. The third-order valence-electron chi connectivity index (χ3n) is 1.66. The van der Waals surface area contributed by atoms with Crippen LogP contribution >= 0.6 is 34.8 Å². The minimum Gasteiger partial charge on any atom is -0.393 e. The quantitative estimate of drug-likeness (QED) is 0.514. The molecule has 0 aliphatic carbocycles. The van der Waals surface area contributed by atoms with Crippen molar-refractivity contribution >= 4 is 39.8 Å². The molecule has 1 rings (SSSR count). The van der Waals surface area contributed by atoms with Gasteiger partial charge in [-0.1, -0.05) is 12.2 Å². The van der Waals surface area contributed by atoms with Gasteiger partial charge in [0.1, 0.15) is 0 Å². The Bertz CT molecular complexity index is 285. The lowest BCUT2D eigenvalue weighted by molar-refractivity contribution is 0.564. The maximum absolute atomic E-state index is 5.38. The van der Waals surface area contributed by atoms with Crippen LogP contribution in [0.15, 0.2) is 12.4 Å². The lowest BCUT2D eigenvalue weighted by Crippen LogP contribution is -2.07. The molecule has 3 nitrogen and oxygen atoms in total. The first-order chi connectivity index (χ1) is 6.18. The van der Waals surface area contributed by atoms with E-state index in [4.69, 9.17) is 18.0 Å². The van der Waals surface area contributed by atoms with Crippen LogP contribution in [0.25, 0.3) is 0 Å². The van der Waals surface area contributed by atoms with Gasteiger partial charge in [-0.3, -0.25) is 4.68 Å². The van der Waals surface area contributed by atoms with Gasteiger partial charge >= 0.3 is 0 Å². The van der Waals surface area contributed by atoms with E-state index in [0.717, 1.165) is 25.8 Å². The van der Waals surface area contributed by atoms with E-state index in [1.54, 1.807) is 0 Å². The lowest BCUT2D eigenvalue weighted by atomic mass is 10.2. The third kappa shape index (κ3) is 4.56. The molecule has 72 valence electrons. The Kier molecular flexibility index (Phi) is 4.65. The number of aromatic nitrogens is 2. The first-order valence-corrected chi connectivity index (χ1v) is 5.63. The number of hydrogen-bond acceptors (Lipinski definition) is 2. The molecule has 0 fully saturated rings. The monoisotopic (exact) mass is 309 g/mol. The van der Waals surface area contributed by atoms with Gasteiger partial charge in [0.15, 0.2) is 0 Å². The number of unbranched alkanes of at least 4 members (excludes halogenated alkanes) is 1. The van der Waals surface area contributed by atoms with Gasteiger partial charge in [-0.15, -0.1) is 0 Å². The van der Waals surface area contributed by atoms with Crippen LogP contribution in [0, 0.1) is 3.57 Å². The Hall–Kier alpha value is -0.170. The van der Waals surface area contributed by atoms with Crippen LogP contribution in [-0.2, 0) is 6.54 Å². The molecule has 1 heterocycles. The largest absolute Gasteiger partial charge is 0.393 e. The van der Waals surface area contributed by atoms with Gasteiger partial charge in [0, 0.05) is 12.7 Å². The number of aryl methyl sites for hydroxylation is 1. The van der Waals surface area contributed by atoms with E-state index in [1.165, 1.54) is 3.57 Å². The molecule has 0 aromatic carbocycles. The van der Waals surface area contributed by atoms with Gasteiger partial charge in [-0.25, -0.2) is 0 Å². The first kappa shape index (κ1) is 10.9. The van der Waals surface area contributed by atoms with Gasteiger partial charge in [-0.05, 0) is 41.9 Å². The zero-order valence-corrected chi connectivity index (χ0v) is 10.2. The maximum Gasteiger partial charge on any atom is 0.0727 e. The molecule has 1 aromatic rings. The first-order valence-electron chi connectivity index (χ1n) is 4.15. The Labute approximate surface area is 96.8 Å². The summed E-state index contributed by atoms with van der Waals surface area (Å²) in [5.41, 5.74) is 5.38. The van der Waals surface area contributed by atoms with Crippen LogP contribution in [0.5, 0.6) is 0 Å². The van der Waals surface area contributed by atoms with Crippen molar-refractivity contribution in [1.82, 2.24) is 9.78 Å².